The number of aliphatic carboxylic acids is 1. The van der Waals surface area contributed by atoms with Gasteiger partial charge in [0.25, 0.3) is 0 Å². The van der Waals surface area contributed by atoms with Gasteiger partial charge in [0.15, 0.2) is 0 Å². The number of Topliss-reactive ketones (excluding diaryl/α,β-unsaturated/α-hetero) is 1. The Morgan fingerprint density at radius 3 is 2.36 bits per heavy atom. The molecule has 0 bridgehead atoms. The number of carboxylic acid groups (broad SMARTS) is 1. The highest BCUT2D eigenvalue weighted by atomic mass is 16.4. The van der Waals surface area contributed by atoms with E-state index >= 15 is 0 Å². The highest BCUT2D eigenvalue weighted by Crippen LogP contribution is 2.40. The molecule has 0 saturated carbocycles. The minimum atomic E-state index is -1.65. The lowest BCUT2D eigenvalue weighted by atomic mass is 9.77. The van der Waals surface area contributed by atoms with Crippen molar-refractivity contribution in [2.24, 2.45) is 11.7 Å². The van der Waals surface area contributed by atoms with Crippen molar-refractivity contribution in [1.29, 1.82) is 0 Å². The molecule has 1 saturated heterocycles. The van der Waals surface area contributed by atoms with Crippen LogP contribution < -0.4 is 11.1 Å². The predicted octanol–water partition coefficient (Wildman–Crippen LogP) is 2.83. The Bertz CT molecular complexity index is 1160. The second-order valence-corrected chi connectivity index (χ2v) is 10.6. The first-order valence-corrected chi connectivity index (χ1v) is 13.5. The first-order chi connectivity index (χ1) is 18.5. The third-order valence-corrected chi connectivity index (χ3v) is 7.55. The zero-order chi connectivity index (χ0) is 28.6. The summed E-state index contributed by atoms with van der Waals surface area (Å²) >= 11 is 0. The van der Waals surface area contributed by atoms with Crippen molar-refractivity contribution in [3.63, 3.8) is 0 Å². The summed E-state index contributed by atoms with van der Waals surface area (Å²) in [7, 11) is 0. The molecule has 3 rings (SSSR count). The maximum atomic E-state index is 13.3. The molecule has 5 N–H and O–H groups in total. The van der Waals surface area contributed by atoms with E-state index in [1.54, 1.807) is 31.2 Å². The van der Waals surface area contributed by atoms with Crippen molar-refractivity contribution in [2.75, 3.05) is 13.1 Å². The SMILES string of the molecule is CCC[C@@]1(C(=O)O)C(C(=O)CCCc2ccc(O)cc2)CCN1C(=O)CNC(=O)[C@@](C)(N)Cc1ccccc1. The maximum Gasteiger partial charge on any atom is 0.330 e. The van der Waals surface area contributed by atoms with Gasteiger partial charge in [-0.15, -0.1) is 0 Å². The maximum absolute atomic E-state index is 13.3. The Hall–Kier alpha value is -3.72. The largest absolute Gasteiger partial charge is 0.508 e. The van der Waals surface area contributed by atoms with Crippen LogP contribution in [0.2, 0.25) is 0 Å². The summed E-state index contributed by atoms with van der Waals surface area (Å²) in [5, 5.41) is 22.4. The summed E-state index contributed by atoms with van der Waals surface area (Å²) in [6.07, 6.45) is 2.47. The van der Waals surface area contributed by atoms with Crippen molar-refractivity contribution < 1.29 is 29.4 Å². The van der Waals surface area contributed by atoms with Crippen LogP contribution in [0.5, 0.6) is 5.75 Å². The predicted molar refractivity (Wildman–Crippen MR) is 147 cm³/mol. The Morgan fingerprint density at radius 2 is 1.74 bits per heavy atom. The smallest absolute Gasteiger partial charge is 0.330 e. The molecule has 210 valence electrons. The van der Waals surface area contributed by atoms with E-state index in [1.807, 2.05) is 37.3 Å². The van der Waals surface area contributed by atoms with E-state index in [-0.39, 0.29) is 43.8 Å². The first kappa shape index (κ1) is 29.8. The molecule has 39 heavy (non-hydrogen) atoms. The normalized spacial score (nSPS) is 20.3. The molecule has 3 atom stereocenters. The van der Waals surface area contributed by atoms with Crippen LogP contribution >= 0.6 is 0 Å². The van der Waals surface area contributed by atoms with Gasteiger partial charge in [0, 0.05) is 13.0 Å². The number of carbonyl (C=O) groups is 4. The zero-order valence-corrected chi connectivity index (χ0v) is 22.7. The highest BCUT2D eigenvalue weighted by molar-refractivity contribution is 5.97. The molecule has 2 aromatic rings. The molecule has 9 heteroatoms. The molecule has 2 amide bonds. The van der Waals surface area contributed by atoms with E-state index in [0.29, 0.717) is 19.3 Å². The lowest BCUT2D eigenvalue weighted by molar-refractivity contribution is -0.161. The topological polar surface area (TPSA) is 150 Å². The number of nitrogens with two attached hydrogens (primary N) is 1. The summed E-state index contributed by atoms with van der Waals surface area (Å²) in [5.74, 6) is -3.11. The molecule has 1 unspecified atom stereocenters. The van der Waals surface area contributed by atoms with Crippen LogP contribution in [0.3, 0.4) is 0 Å². The zero-order valence-electron chi connectivity index (χ0n) is 22.7. The van der Waals surface area contributed by atoms with Crippen molar-refractivity contribution in [2.45, 2.75) is 69.9 Å². The van der Waals surface area contributed by atoms with Crippen LogP contribution in [-0.4, -0.2) is 62.8 Å². The second kappa shape index (κ2) is 12.9. The number of rotatable bonds is 13. The van der Waals surface area contributed by atoms with Gasteiger partial charge < -0.3 is 26.2 Å². The van der Waals surface area contributed by atoms with E-state index in [9.17, 15) is 29.4 Å². The molecule has 1 fully saturated rings. The number of hydrogen-bond acceptors (Lipinski definition) is 6. The van der Waals surface area contributed by atoms with Gasteiger partial charge in [-0.05, 0) is 62.3 Å². The van der Waals surface area contributed by atoms with Crippen LogP contribution in [0.4, 0.5) is 0 Å². The number of phenolic OH excluding ortho intramolecular Hbond substituents is 1. The fraction of sp³-hybridized carbons (Fsp3) is 0.467. The fourth-order valence-corrected chi connectivity index (χ4v) is 5.58. The van der Waals surface area contributed by atoms with E-state index in [1.165, 1.54) is 4.90 Å². The number of hydrogen-bond donors (Lipinski definition) is 4. The van der Waals surface area contributed by atoms with Gasteiger partial charge in [-0.2, -0.15) is 0 Å². The number of aryl methyl sites for hydroxylation is 1. The third-order valence-electron chi connectivity index (χ3n) is 7.55. The Morgan fingerprint density at radius 1 is 1.08 bits per heavy atom. The minimum absolute atomic E-state index is 0.124. The van der Waals surface area contributed by atoms with Gasteiger partial charge in [0.2, 0.25) is 11.8 Å². The Labute approximate surface area is 229 Å². The van der Waals surface area contributed by atoms with E-state index in [2.05, 4.69) is 5.32 Å². The average molecular weight is 538 g/mol. The van der Waals surface area contributed by atoms with Crippen LogP contribution in [0.25, 0.3) is 0 Å². The van der Waals surface area contributed by atoms with Crippen LogP contribution in [0.15, 0.2) is 54.6 Å². The van der Waals surface area contributed by atoms with Crippen molar-refractivity contribution in [1.82, 2.24) is 10.2 Å². The number of phenols is 1. The Kier molecular flexibility index (Phi) is 9.86. The van der Waals surface area contributed by atoms with Gasteiger partial charge in [0.05, 0.1) is 18.0 Å². The molecule has 0 radical (unpaired) electrons. The van der Waals surface area contributed by atoms with Gasteiger partial charge in [-0.25, -0.2) is 4.79 Å². The Balaban J connectivity index is 1.66. The van der Waals surface area contributed by atoms with Crippen molar-refractivity contribution in [3.05, 3.63) is 65.7 Å². The monoisotopic (exact) mass is 537 g/mol. The van der Waals surface area contributed by atoms with Gasteiger partial charge in [-0.3, -0.25) is 14.4 Å². The molecule has 2 aromatic carbocycles. The number of benzene rings is 2. The second-order valence-electron chi connectivity index (χ2n) is 10.6. The molecule has 1 heterocycles. The number of ketones is 1. The fourth-order valence-electron chi connectivity index (χ4n) is 5.58. The molecule has 0 spiro atoms. The number of amides is 2. The number of carboxylic acids is 1. The van der Waals surface area contributed by atoms with Crippen LogP contribution in [0, 0.1) is 5.92 Å². The average Bonchev–Trinajstić information content (AvgIpc) is 3.29. The molecule has 0 aliphatic carbocycles. The third kappa shape index (κ3) is 7.03. The number of likely N-dealkylation sites (tertiary alicyclic amines) is 1. The van der Waals surface area contributed by atoms with Crippen LogP contribution in [-0.2, 0) is 32.0 Å². The van der Waals surface area contributed by atoms with E-state index < -0.39 is 41.3 Å². The van der Waals surface area contributed by atoms with E-state index in [4.69, 9.17) is 5.73 Å². The summed E-state index contributed by atoms with van der Waals surface area (Å²) in [6, 6.07) is 16.0. The summed E-state index contributed by atoms with van der Waals surface area (Å²) in [6.45, 7) is 3.13. The summed E-state index contributed by atoms with van der Waals surface area (Å²) in [5.41, 5.74) is 5.18. The van der Waals surface area contributed by atoms with Gasteiger partial charge in [0.1, 0.15) is 17.1 Å². The lowest BCUT2D eigenvalue weighted by Crippen LogP contribution is -2.60. The quantitative estimate of drug-likeness (QED) is 0.307. The van der Waals surface area contributed by atoms with E-state index in [0.717, 1.165) is 11.1 Å². The molecular formula is C30H39N3O6. The first-order valence-electron chi connectivity index (χ1n) is 13.5. The number of aromatic hydroxyl groups is 1. The number of nitrogens with zero attached hydrogens (tertiary/aromatic N) is 1. The molecule has 9 nitrogen and oxygen atoms in total. The highest BCUT2D eigenvalue weighted by Gasteiger charge is 2.58. The molecular weight excluding hydrogens is 498 g/mol. The molecule has 1 aliphatic rings. The standard InChI is InChI=1S/C30H39N3O6/c1-3-17-30(28(38)39)24(25(35)11-7-10-21-12-14-23(34)15-13-21)16-18-33(30)26(36)20-32-27(37)29(2,31)19-22-8-5-4-6-9-22/h4-6,8-9,12-15,24,34H,3,7,10-11,16-20,31H2,1-2H3,(H,32,37)(H,38,39)/t24?,29-,30-/m0/s1. The molecule has 0 aromatic heterocycles. The number of nitrogens with one attached hydrogen (secondary N) is 1. The number of carbonyl (C=O) groups excluding carboxylic acids is 3. The summed E-state index contributed by atoms with van der Waals surface area (Å²) in [4.78, 5) is 53.4. The molecule has 1 aliphatic heterocycles. The summed E-state index contributed by atoms with van der Waals surface area (Å²) < 4.78 is 0. The van der Waals surface area contributed by atoms with Crippen molar-refractivity contribution >= 4 is 23.6 Å². The van der Waals surface area contributed by atoms with Crippen LogP contribution in [0.1, 0.15) is 57.1 Å². The lowest BCUT2D eigenvalue weighted by Gasteiger charge is -2.38. The van der Waals surface area contributed by atoms with Gasteiger partial charge >= 0.3 is 5.97 Å². The minimum Gasteiger partial charge on any atom is -0.508 e. The van der Waals surface area contributed by atoms with Crippen molar-refractivity contribution in [3.8, 4) is 5.75 Å². The van der Waals surface area contributed by atoms with Gasteiger partial charge in [-0.1, -0.05) is 55.8 Å².